The molecule has 0 bridgehead atoms. The summed E-state index contributed by atoms with van der Waals surface area (Å²) in [6, 6.07) is 18.4. The van der Waals surface area contributed by atoms with Gasteiger partial charge in [0.15, 0.2) is 0 Å². The first-order chi connectivity index (χ1) is 14.5. The summed E-state index contributed by atoms with van der Waals surface area (Å²) in [6.45, 7) is 0.434. The molecule has 2 aromatic carbocycles. The van der Waals surface area contributed by atoms with Crippen LogP contribution in [0.15, 0.2) is 54.6 Å². The number of likely N-dealkylation sites (N-methyl/N-ethyl adjacent to an activating group) is 1. The van der Waals surface area contributed by atoms with Gasteiger partial charge in [-0.1, -0.05) is 42.5 Å². The maximum absolute atomic E-state index is 13.7. The number of nitriles is 1. The average molecular weight is 402 g/mol. The summed E-state index contributed by atoms with van der Waals surface area (Å²) in [4.78, 5) is 44.8. The van der Waals surface area contributed by atoms with Gasteiger partial charge >= 0.3 is 0 Å². The monoisotopic (exact) mass is 402 g/mol. The fourth-order valence-electron chi connectivity index (χ4n) is 4.37. The van der Waals surface area contributed by atoms with E-state index in [9.17, 15) is 14.4 Å². The SMILES string of the molecule is CN(CCC#N)C(=O)C12CCC(=O)N1c1ccccc1C(=O)N2Cc1ccccc1. The number of amides is 3. The molecule has 0 saturated carbocycles. The topological polar surface area (TPSA) is 84.7 Å². The van der Waals surface area contributed by atoms with Gasteiger partial charge in [-0.15, -0.1) is 0 Å². The Morgan fingerprint density at radius 3 is 2.57 bits per heavy atom. The summed E-state index contributed by atoms with van der Waals surface area (Å²) in [7, 11) is 1.61. The van der Waals surface area contributed by atoms with E-state index in [1.54, 1.807) is 31.3 Å². The zero-order chi connectivity index (χ0) is 21.3. The van der Waals surface area contributed by atoms with E-state index in [4.69, 9.17) is 5.26 Å². The van der Waals surface area contributed by atoms with Crippen LogP contribution in [-0.4, -0.2) is 46.8 Å². The summed E-state index contributed by atoms with van der Waals surface area (Å²) in [5, 5.41) is 8.94. The number of para-hydroxylation sites is 1. The molecule has 2 aliphatic rings. The maximum Gasteiger partial charge on any atom is 0.269 e. The molecule has 2 aliphatic heterocycles. The predicted molar refractivity (Wildman–Crippen MR) is 110 cm³/mol. The molecular weight excluding hydrogens is 380 g/mol. The lowest BCUT2D eigenvalue weighted by Gasteiger charge is -2.50. The second-order valence-corrected chi connectivity index (χ2v) is 7.57. The Balaban J connectivity index is 1.87. The Morgan fingerprint density at radius 1 is 1.13 bits per heavy atom. The van der Waals surface area contributed by atoms with E-state index >= 15 is 0 Å². The van der Waals surface area contributed by atoms with E-state index in [2.05, 4.69) is 0 Å². The quantitative estimate of drug-likeness (QED) is 0.769. The highest BCUT2D eigenvalue weighted by Crippen LogP contribution is 2.45. The van der Waals surface area contributed by atoms with Gasteiger partial charge in [-0.25, -0.2) is 0 Å². The number of carbonyl (C=O) groups excluding carboxylic acids is 3. The van der Waals surface area contributed by atoms with Crippen molar-refractivity contribution in [2.75, 3.05) is 18.5 Å². The van der Waals surface area contributed by atoms with Gasteiger partial charge in [0.1, 0.15) is 0 Å². The molecule has 0 N–H and O–H groups in total. The lowest BCUT2D eigenvalue weighted by Crippen LogP contribution is -2.70. The summed E-state index contributed by atoms with van der Waals surface area (Å²) in [6.07, 6.45) is 0.564. The van der Waals surface area contributed by atoms with Crippen LogP contribution in [0.5, 0.6) is 0 Å². The van der Waals surface area contributed by atoms with Gasteiger partial charge in [0.25, 0.3) is 11.8 Å². The highest BCUT2D eigenvalue weighted by molar-refractivity contribution is 6.16. The Hall–Kier alpha value is -3.66. The molecule has 1 unspecified atom stereocenters. The van der Waals surface area contributed by atoms with Crippen molar-refractivity contribution >= 4 is 23.4 Å². The number of rotatable bonds is 5. The average Bonchev–Trinajstić information content (AvgIpc) is 3.13. The van der Waals surface area contributed by atoms with Gasteiger partial charge in [0.2, 0.25) is 11.6 Å². The predicted octanol–water partition coefficient (Wildman–Crippen LogP) is 2.54. The first-order valence-electron chi connectivity index (χ1n) is 9.91. The van der Waals surface area contributed by atoms with Gasteiger partial charge in [-0.2, -0.15) is 5.26 Å². The second-order valence-electron chi connectivity index (χ2n) is 7.57. The van der Waals surface area contributed by atoms with Crippen LogP contribution in [0.1, 0.15) is 35.2 Å². The van der Waals surface area contributed by atoms with Crippen LogP contribution in [0.4, 0.5) is 5.69 Å². The number of hydrogen-bond donors (Lipinski definition) is 0. The van der Waals surface area contributed by atoms with E-state index in [0.29, 0.717) is 11.3 Å². The zero-order valence-corrected chi connectivity index (χ0v) is 16.7. The molecule has 30 heavy (non-hydrogen) atoms. The number of anilines is 1. The Labute approximate surface area is 175 Å². The van der Waals surface area contributed by atoms with Crippen molar-refractivity contribution in [1.29, 1.82) is 5.26 Å². The van der Waals surface area contributed by atoms with Crippen molar-refractivity contribution in [1.82, 2.24) is 9.80 Å². The van der Waals surface area contributed by atoms with E-state index in [-0.39, 0.29) is 50.1 Å². The zero-order valence-electron chi connectivity index (χ0n) is 16.7. The third-order valence-electron chi connectivity index (χ3n) is 5.81. The third-order valence-corrected chi connectivity index (χ3v) is 5.81. The minimum Gasteiger partial charge on any atom is -0.341 e. The Kier molecular flexibility index (Phi) is 5.00. The molecule has 7 heteroatoms. The molecular formula is C23H22N4O3. The molecule has 152 valence electrons. The fraction of sp³-hybridized carbons (Fsp3) is 0.304. The van der Waals surface area contributed by atoms with E-state index in [1.165, 1.54) is 14.7 Å². The van der Waals surface area contributed by atoms with Gasteiger partial charge in [-0.05, 0) is 17.7 Å². The molecule has 4 rings (SSSR count). The molecule has 3 amide bonds. The van der Waals surface area contributed by atoms with Crippen LogP contribution in [0.25, 0.3) is 0 Å². The number of hydrogen-bond acceptors (Lipinski definition) is 4. The van der Waals surface area contributed by atoms with Crippen LogP contribution in [0.3, 0.4) is 0 Å². The normalized spacial score (nSPS) is 19.9. The van der Waals surface area contributed by atoms with Crippen LogP contribution in [0, 0.1) is 11.3 Å². The van der Waals surface area contributed by atoms with E-state index in [1.807, 2.05) is 36.4 Å². The van der Waals surface area contributed by atoms with Gasteiger partial charge < -0.3 is 9.80 Å². The van der Waals surface area contributed by atoms with Crippen molar-refractivity contribution in [3.8, 4) is 6.07 Å². The van der Waals surface area contributed by atoms with Crippen LogP contribution >= 0.6 is 0 Å². The number of carbonyl (C=O) groups is 3. The second kappa shape index (κ2) is 7.64. The molecule has 0 aliphatic carbocycles. The fourth-order valence-corrected chi connectivity index (χ4v) is 4.37. The van der Waals surface area contributed by atoms with E-state index in [0.717, 1.165) is 5.56 Å². The van der Waals surface area contributed by atoms with Crippen molar-refractivity contribution in [2.45, 2.75) is 31.5 Å². The molecule has 0 aromatic heterocycles. The van der Waals surface area contributed by atoms with E-state index < -0.39 is 5.66 Å². The molecule has 1 saturated heterocycles. The third kappa shape index (κ3) is 2.92. The molecule has 1 atom stereocenters. The van der Waals surface area contributed by atoms with Crippen LogP contribution in [-0.2, 0) is 16.1 Å². The summed E-state index contributed by atoms with van der Waals surface area (Å²) >= 11 is 0. The minimum absolute atomic E-state index is 0.171. The molecule has 0 radical (unpaired) electrons. The molecule has 1 fully saturated rings. The summed E-state index contributed by atoms with van der Waals surface area (Å²) in [5.74, 6) is -0.806. The van der Waals surface area contributed by atoms with Crippen molar-refractivity contribution in [3.63, 3.8) is 0 Å². The first-order valence-corrected chi connectivity index (χ1v) is 9.91. The smallest absolute Gasteiger partial charge is 0.269 e. The Bertz CT molecular complexity index is 1050. The lowest BCUT2D eigenvalue weighted by molar-refractivity contribution is -0.143. The van der Waals surface area contributed by atoms with Gasteiger partial charge in [0.05, 0.1) is 23.7 Å². The van der Waals surface area contributed by atoms with Crippen molar-refractivity contribution in [2.24, 2.45) is 0 Å². The Morgan fingerprint density at radius 2 is 1.83 bits per heavy atom. The molecule has 7 nitrogen and oxygen atoms in total. The van der Waals surface area contributed by atoms with Gasteiger partial charge in [-0.3, -0.25) is 19.3 Å². The molecule has 2 aromatic rings. The van der Waals surface area contributed by atoms with Crippen LogP contribution in [0.2, 0.25) is 0 Å². The molecule has 2 heterocycles. The summed E-state index contributed by atoms with van der Waals surface area (Å²) in [5.41, 5.74) is 0.322. The largest absolute Gasteiger partial charge is 0.341 e. The number of nitrogens with zero attached hydrogens (tertiary/aromatic N) is 4. The van der Waals surface area contributed by atoms with Crippen LogP contribution < -0.4 is 4.90 Å². The number of benzene rings is 2. The van der Waals surface area contributed by atoms with Crippen molar-refractivity contribution in [3.05, 3.63) is 65.7 Å². The van der Waals surface area contributed by atoms with Crippen molar-refractivity contribution < 1.29 is 14.4 Å². The highest BCUT2D eigenvalue weighted by atomic mass is 16.2. The molecule has 0 spiro atoms. The lowest BCUT2D eigenvalue weighted by atomic mass is 9.94. The number of fused-ring (bicyclic) bond motifs is 3. The summed E-state index contributed by atoms with van der Waals surface area (Å²) < 4.78 is 0. The standard InChI is InChI=1S/C23H22N4O3/c1-25(15-7-14-24)22(30)23-13-12-20(28)27(23)19-11-6-5-10-18(19)21(29)26(23)16-17-8-3-2-4-9-17/h2-6,8-11H,7,12-13,15-16H2,1H3. The minimum atomic E-state index is -1.43. The first kappa shape index (κ1) is 19.6. The highest BCUT2D eigenvalue weighted by Gasteiger charge is 2.61. The maximum atomic E-state index is 13.7. The van der Waals surface area contributed by atoms with Gasteiger partial charge in [0, 0.05) is 33.0 Å².